The molecule has 0 aromatic carbocycles. The van der Waals surface area contributed by atoms with Gasteiger partial charge in [-0.05, 0) is 38.2 Å². The summed E-state index contributed by atoms with van der Waals surface area (Å²) in [5.74, 6) is 0.882. The molecule has 1 fully saturated rings. The Hall–Kier alpha value is -1.60. The molecule has 3 rings (SSSR count). The number of hydrogen-bond donors (Lipinski definition) is 1. The second-order valence-corrected chi connectivity index (χ2v) is 9.30. The number of allylic oxidation sites excluding steroid dienone is 1. The first kappa shape index (κ1) is 20.1. The van der Waals surface area contributed by atoms with Crippen LogP contribution >= 0.6 is 23.1 Å². The number of hydrogen-bond acceptors (Lipinski definition) is 5. The van der Waals surface area contributed by atoms with E-state index in [0.717, 1.165) is 21.8 Å². The lowest BCUT2D eigenvalue weighted by Crippen LogP contribution is -2.31. The van der Waals surface area contributed by atoms with Gasteiger partial charge in [0.1, 0.15) is 4.83 Å². The lowest BCUT2D eigenvalue weighted by molar-refractivity contribution is -0.118. The van der Waals surface area contributed by atoms with Gasteiger partial charge in [-0.2, -0.15) is 0 Å². The summed E-state index contributed by atoms with van der Waals surface area (Å²) in [6.45, 7) is 8.86. The fourth-order valence-corrected chi connectivity index (χ4v) is 5.45. The molecule has 1 saturated carbocycles. The van der Waals surface area contributed by atoms with Gasteiger partial charge < -0.3 is 5.32 Å². The molecule has 0 aliphatic heterocycles. The van der Waals surface area contributed by atoms with Crippen LogP contribution < -0.4 is 10.9 Å². The first-order chi connectivity index (χ1) is 13.0. The first-order valence-corrected chi connectivity index (χ1v) is 11.3. The van der Waals surface area contributed by atoms with E-state index in [9.17, 15) is 9.59 Å². The Kier molecular flexibility index (Phi) is 6.76. The fraction of sp³-hybridized carbons (Fsp3) is 0.550. The summed E-state index contributed by atoms with van der Waals surface area (Å²) >= 11 is 2.86. The molecule has 0 bridgehead atoms. The summed E-state index contributed by atoms with van der Waals surface area (Å²) in [4.78, 5) is 31.7. The van der Waals surface area contributed by atoms with Gasteiger partial charge >= 0.3 is 0 Å². The van der Waals surface area contributed by atoms with E-state index in [4.69, 9.17) is 0 Å². The first-order valence-electron chi connectivity index (χ1n) is 9.52. The second kappa shape index (κ2) is 9.06. The normalized spacial score (nSPS) is 15.2. The number of nitrogens with one attached hydrogen (secondary N) is 1. The molecule has 1 N–H and O–H groups in total. The second-order valence-electron chi connectivity index (χ2n) is 7.16. The minimum Gasteiger partial charge on any atom is -0.355 e. The molecule has 27 heavy (non-hydrogen) atoms. The molecule has 1 aliphatic rings. The van der Waals surface area contributed by atoms with Crippen molar-refractivity contribution in [1.82, 2.24) is 14.9 Å². The van der Waals surface area contributed by atoms with Crippen molar-refractivity contribution in [3.8, 4) is 0 Å². The average molecular weight is 406 g/mol. The van der Waals surface area contributed by atoms with E-state index in [2.05, 4.69) is 16.9 Å². The third-order valence-corrected chi connectivity index (χ3v) is 7.29. The van der Waals surface area contributed by atoms with Crippen molar-refractivity contribution in [2.24, 2.45) is 5.92 Å². The highest BCUT2D eigenvalue weighted by molar-refractivity contribution is 7.99. The Bertz CT molecular complexity index is 895. The molecule has 0 spiro atoms. The average Bonchev–Trinajstić information content (AvgIpc) is 2.96. The van der Waals surface area contributed by atoms with E-state index in [1.54, 1.807) is 10.6 Å². The number of thioether (sulfide) groups is 1. The maximum atomic E-state index is 12.9. The van der Waals surface area contributed by atoms with Gasteiger partial charge in [0.25, 0.3) is 5.56 Å². The minimum absolute atomic E-state index is 0.00335. The topological polar surface area (TPSA) is 64.0 Å². The third kappa shape index (κ3) is 4.63. The van der Waals surface area contributed by atoms with Crippen LogP contribution in [0.15, 0.2) is 22.6 Å². The number of rotatable bonds is 7. The number of carbonyl (C=O) groups is 1. The zero-order valence-corrected chi connectivity index (χ0v) is 17.7. The smallest absolute Gasteiger partial charge is 0.263 e. The van der Waals surface area contributed by atoms with Gasteiger partial charge in [0.05, 0.1) is 11.1 Å². The van der Waals surface area contributed by atoms with Crippen molar-refractivity contribution in [1.29, 1.82) is 0 Å². The molecule has 0 radical (unpaired) electrons. The number of carbonyl (C=O) groups excluding carboxylic acids is 1. The van der Waals surface area contributed by atoms with Crippen molar-refractivity contribution < 1.29 is 4.79 Å². The van der Waals surface area contributed by atoms with Gasteiger partial charge in [0, 0.05) is 18.0 Å². The Labute approximate surface area is 168 Å². The number of amides is 1. The summed E-state index contributed by atoms with van der Waals surface area (Å²) in [6.07, 6.45) is 7.97. The molecule has 2 aromatic heterocycles. The van der Waals surface area contributed by atoms with Crippen LogP contribution in [-0.2, 0) is 11.3 Å². The Balaban J connectivity index is 1.71. The summed E-state index contributed by atoms with van der Waals surface area (Å²) in [5.41, 5.74) is 0.943. The van der Waals surface area contributed by atoms with Gasteiger partial charge in [-0.15, -0.1) is 17.9 Å². The Morgan fingerprint density at radius 1 is 1.37 bits per heavy atom. The van der Waals surface area contributed by atoms with E-state index < -0.39 is 0 Å². The molecule has 146 valence electrons. The van der Waals surface area contributed by atoms with E-state index >= 15 is 0 Å². The minimum atomic E-state index is -0.0492. The standard InChI is InChI=1S/C20H27N3O2S2/c1-4-10-23-19(25)17-13(2)14(3)27-18(17)22-20(23)26-12-16(24)21-11-15-8-6-5-7-9-15/h4,15H,1,5-12H2,2-3H3,(H,21,24). The van der Waals surface area contributed by atoms with E-state index in [1.807, 2.05) is 13.8 Å². The number of aromatic nitrogens is 2. The summed E-state index contributed by atoms with van der Waals surface area (Å²) in [6, 6.07) is 0. The van der Waals surface area contributed by atoms with Crippen LogP contribution in [0.3, 0.4) is 0 Å². The lowest BCUT2D eigenvalue weighted by Gasteiger charge is -2.21. The molecule has 0 atom stereocenters. The zero-order chi connectivity index (χ0) is 19.4. The highest BCUT2D eigenvalue weighted by atomic mass is 32.2. The molecular weight excluding hydrogens is 378 g/mol. The lowest BCUT2D eigenvalue weighted by atomic mass is 9.89. The molecule has 7 heteroatoms. The van der Waals surface area contributed by atoms with E-state index in [0.29, 0.717) is 23.0 Å². The number of aryl methyl sites for hydroxylation is 2. The molecular formula is C20H27N3O2S2. The van der Waals surface area contributed by atoms with Gasteiger partial charge in [0.15, 0.2) is 5.16 Å². The fourth-order valence-electron chi connectivity index (χ4n) is 3.54. The monoisotopic (exact) mass is 405 g/mol. The maximum absolute atomic E-state index is 12.9. The van der Waals surface area contributed by atoms with Crippen molar-refractivity contribution in [3.63, 3.8) is 0 Å². The number of nitrogens with zero attached hydrogens (tertiary/aromatic N) is 2. The van der Waals surface area contributed by atoms with Gasteiger partial charge in [-0.1, -0.05) is 37.1 Å². The molecule has 0 saturated heterocycles. The summed E-state index contributed by atoms with van der Waals surface area (Å²) in [7, 11) is 0. The van der Waals surface area contributed by atoms with Gasteiger partial charge in [-0.25, -0.2) is 4.98 Å². The van der Waals surface area contributed by atoms with E-state index in [-0.39, 0.29) is 17.2 Å². The predicted molar refractivity (Wildman–Crippen MR) is 114 cm³/mol. The predicted octanol–water partition coefficient (Wildman–Crippen LogP) is 4.05. The number of thiophene rings is 1. The SMILES string of the molecule is C=CCn1c(SCC(=O)NCC2CCCCC2)nc2sc(C)c(C)c2c1=O. The van der Waals surface area contributed by atoms with E-state index in [1.165, 1.54) is 55.2 Å². The van der Waals surface area contributed by atoms with Gasteiger partial charge in [-0.3, -0.25) is 14.2 Å². The zero-order valence-electron chi connectivity index (χ0n) is 16.0. The van der Waals surface area contributed by atoms with Crippen LogP contribution in [0, 0.1) is 19.8 Å². The molecule has 0 unspecified atom stereocenters. The quantitative estimate of drug-likeness (QED) is 0.429. The summed E-state index contributed by atoms with van der Waals surface area (Å²) < 4.78 is 1.62. The van der Waals surface area contributed by atoms with Crippen molar-refractivity contribution in [3.05, 3.63) is 33.4 Å². The van der Waals surface area contributed by atoms with Crippen molar-refractivity contribution in [2.75, 3.05) is 12.3 Å². The van der Waals surface area contributed by atoms with Crippen LogP contribution in [0.5, 0.6) is 0 Å². The molecule has 1 aliphatic carbocycles. The highest BCUT2D eigenvalue weighted by Crippen LogP contribution is 2.28. The maximum Gasteiger partial charge on any atom is 0.263 e. The van der Waals surface area contributed by atoms with Crippen LogP contribution in [0.2, 0.25) is 0 Å². The van der Waals surface area contributed by atoms with Crippen molar-refractivity contribution >= 4 is 39.2 Å². The highest BCUT2D eigenvalue weighted by Gasteiger charge is 2.18. The Morgan fingerprint density at radius 3 is 2.81 bits per heavy atom. The third-order valence-electron chi connectivity index (χ3n) is 5.21. The largest absolute Gasteiger partial charge is 0.355 e. The molecule has 2 heterocycles. The number of fused-ring (bicyclic) bond motifs is 1. The molecule has 5 nitrogen and oxygen atoms in total. The van der Waals surface area contributed by atoms with Crippen LogP contribution in [0.4, 0.5) is 0 Å². The molecule has 1 amide bonds. The van der Waals surface area contributed by atoms with Crippen LogP contribution in [-0.4, -0.2) is 27.8 Å². The van der Waals surface area contributed by atoms with Crippen LogP contribution in [0.1, 0.15) is 42.5 Å². The van der Waals surface area contributed by atoms with Crippen molar-refractivity contribution in [2.45, 2.75) is 57.7 Å². The molecule has 2 aromatic rings. The van der Waals surface area contributed by atoms with Crippen LogP contribution in [0.25, 0.3) is 10.2 Å². The van der Waals surface area contributed by atoms with Gasteiger partial charge in [0.2, 0.25) is 5.91 Å². The Morgan fingerprint density at radius 2 is 2.11 bits per heavy atom. The summed E-state index contributed by atoms with van der Waals surface area (Å²) in [5, 5.41) is 4.32.